The number of unbranched alkanes of at least 4 members (excludes halogenated alkanes) is 1. The average Bonchev–Trinajstić information content (AvgIpc) is 2.43. The molecule has 2 amide bonds. The third kappa shape index (κ3) is 5.94. The summed E-state index contributed by atoms with van der Waals surface area (Å²) < 4.78 is 0. The predicted molar refractivity (Wildman–Crippen MR) is 83.2 cm³/mol. The minimum absolute atomic E-state index is 0.166. The highest BCUT2D eigenvalue weighted by Crippen LogP contribution is 2.30. The third-order valence-electron chi connectivity index (χ3n) is 4.44. The summed E-state index contributed by atoms with van der Waals surface area (Å²) in [7, 11) is 0. The Kier molecular flexibility index (Phi) is 7.54. The molecule has 1 saturated carbocycles. The van der Waals surface area contributed by atoms with E-state index in [2.05, 4.69) is 24.5 Å². The average molecular weight is 298 g/mol. The number of hydrogen-bond donors (Lipinski definition) is 3. The van der Waals surface area contributed by atoms with Crippen LogP contribution in [0.15, 0.2) is 0 Å². The Morgan fingerprint density at radius 3 is 2.48 bits per heavy atom. The van der Waals surface area contributed by atoms with Gasteiger partial charge in [0, 0.05) is 6.04 Å². The van der Waals surface area contributed by atoms with Crippen LogP contribution in [0.2, 0.25) is 0 Å². The Balaban J connectivity index is 2.51. The lowest BCUT2D eigenvalue weighted by Gasteiger charge is -2.35. The summed E-state index contributed by atoms with van der Waals surface area (Å²) in [5.41, 5.74) is 0. The van der Waals surface area contributed by atoms with Crippen molar-refractivity contribution in [1.29, 1.82) is 0 Å². The number of rotatable bonds is 7. The number of carboxylic acid groups (broad SMARTS) is 1. The number of urea groups is 1. The van der Waals surface area contributed by atoms with E-state index in [0.717, 1.165) is 32.1 Å². The monoisotopic (exact) mass is 298 g/mol. The maximum Gasteiger partial charge on any atom is 0.326 e. The van der Waals surface area contributed by atoms with Crippen LogP contribution < -0.4 is 10.6 Å². The van der Waals surface area contributed by atoms with Gasteiger partial charge in [0.2, 0.25) is 0 Å². The summed E-state index contributed by atoms with van der Waals surface area (Å²) in [4.78, 5) is 23.2. The topological polar surface area (TPSA) is 78.4 Å². The van der Waals surface area contributed by atoms with E-state index in [1.54, 1.807) is 0 Å². The first-order chi connectivity index (χ1) is 9.95. The van der Waals surface area contributed by atoms with Gasteiger partial charge in [0.1, 0.15) is 6.04 Å². The first kappa shape index (κ1) is 17.8. The van der Waals surface area contributed by atoms with Crippen molar-refractivity contribution < 1.29 is 14.7 Å². The van der Waals surface area contributed by atoms with E-state index in [0.29, 0.717) is 18.3 Å². The number of carbonyl (C=O) groups excluding carboxylic acids is 1. The van der Waals surface area contributed by atoms with Gasteiger partial charge in [-0.2, -0.15) is 0 Å². The molecule has 122 valence electrons. The van der Waals surface area contributed by atoms with E-state index in [-0.39, 0.29) is 12.1 Å². The lowest BCUT2D eigenvalue weighted by molar-refractivity contribution is -0.139. The molecule has 1 fully saturated rings. The molecule has 1 rings (SSSR count). The Bertz CT molecular complexity index is 344. The fraction of sp³-hybridized carbons (Fsp3) is 0.875. The molecule has 5 heteroatoms. The van der Waals surface area contributed by atoms with Gasteiger partial charge in [-0.25, -0.2) is 9.59 Å². The Labute approximate surface area is 127 Å². The minimum Gasteiger partial charge on any atom is -0.480 e. The van der Waals surface area contributed by atoms with Crippen molar-refractivity contribution in [3.05, 3.63) is 0 Å². The molecule has 0 aliphatic heterocycles. The molecule has 0 radical (unpaired) electrons. The van der Waals surface area contributed by atoms with Crippen molar-refractivity contribution in [1.82, 2.24) is 10.6 Å². The molecule has 1 aliphatic carbocycles. The Hall–Kier alpha value is -1.26. The molecule has 2 unspecified atom stereocenters. The summed E-state index contributed by atoms with van der Waals surface area (Å²) in [6.07, 6.45) is 6.69. The van der Waals surface area contributed by atoms with E-state index in [1.807, 2.05) is 6.92 Å². The third-order valence-corrected chi connectivity index (χ3v) is 4.44. The molecular formula is C16H30N2O3. The largest absolute Gasteiger partial charge is 0.480 e. The van der Waals surface area contributed by atoms with Gasteiger partial charge in [0.15, 0.2) is 0 Å². The molecule has 21 heavy (non-hydrogen) atoms. The Morgan fingerprint density at radius 2 is 1.90 bits per heavy atom. The van der Waals surface area contributed by atoms with Crippen molar-refractivity contribution in [2.45, 2.75) is 77.8 Å². The minimum atomic E-state index is -0.956. The SMILES string of the molecule is CCCC[C@H](NC(=O)NC1CCCCC1C(C)C)C(=O)O. The molecule has 3 N–H and O–H groups in total. The second kappa shape index (κ2) is 8.90. The van der Waals surface area contributed by atoms with Crippen LogP contribution in [0.4, 0.5) is 4.79 Å². The molecule has 0 aromatic rings. The second-order valence-corrected chi connectivity index (χ2v) is 6.45. The van der Waals surface area contributed by atoms with Crippen LogP contribution in [0, 0.1) is 11.8 Å². The molecule has 0 heterocycles. The number of carbonyl (C=O) groups is 2. The zero-order chi connectivity index (χ0) is 15.8. The van der Waals surface area contributed by atoms with Crippen LogP contribution in [0.1, 0.15) is 65.7 Å². The zero-order valence-electron chi connectivity index (χ0n) is 13.5. The number of hydrogen-bond acceptors (Lipinski definition) is 2. The highest BCUT2D eigenvalue weighted by atomic mass is 16.4. The van der Waals surface area contributed by atoms with Crippen molar-refractivity contribution in [2.24, 2.45) is 11.8 Å². The van der Waals surface area contributed by atoms with Crippen molar-refractivity contribution in [3.63, 3.8) is 0 Å². The van der Waals surface area contributed by atoms with E-state index in [1.165, 1.54) is 6.42 Å². The van der Waals surface area contributed by atoms with Crippen molar-refractivity contribution >= 4 is 12.0 Å². The highest BCUT2D eigenvalue weighted by molar-refractivity contribution is 5.82. The number of amides is 2. The van der Waals surface area contributed by atoms with E-state index in [9.17, 15) is 9.59 Å². The maximum atomic E-state index is 12.1. The predicted octanol–water partition coefficient (Wildman–Crippen LogP) is 3.14. The van der Waals surface area contributed by atoms with Gasteiger partial charge < -0.3 is 15.7 Å². The first-order valence-electron chi connectivity index (χ1n) is 8.25. The van der Waals surface area contributed by atoms with Gasteiger partial charge in [0.25, 0.3) is 0 Å². The maximum absolute atomic E-state index is 12.1. The van der Waals surface area contributed by atoms with Crippen LogP contribution in [-0.2, 0) is 4.79 Å². The molecule has 0 aromatic heterocycles. The fourth-order valence-corrected chi connectivity index (χ4v) is 3.17. The van der Waals surface area contributed by atoms with Gasteiger partial charge in [-0.3, -0.25) is 0 Å². The van der Waals surface area contributed by atoms with E-state index >= 15 is 0 Å². The smallest absolute Gasteiger partial charge is 0.326 e. The molecule has 0 bridgehead atoms. The lowest BCUT2D eigenvalue weighted by atomic mass is 9.78. The van der Waals surface area contributed by atoms with Crippen LogP contribution in [0.3, 0.4) is 0 Å². The quantitative estimate of drug-likeness (QED) is 0.675. The molecule has 0 aromatic carbocycles. The number of carboxylic acids is 1. The number of nitrogens with one attached hydrogen (secondary N) is 2. The van der Waals surface area contributed by atoms with Crippen LogP contribution in [0.5, 0.6) is 0 Å². The molecule has 0 saturated heterocycles. The summed E-state index contributed by atoms with van der Waals surface area (Å²) >= 11 is 0. The Morgan fingerprint density at radius 1 is 1.24 bits per heavy atom. The molecular weight excluding hydrogens is 268 g/mol. The van der Waals surface area contributed by atoms with E-state index < -0.39 is 12.0 Å². The standard InChI is InChI=1S/C16H30N2O3/c1-4-5-9-14(15(19)20)18-16(21)17-13-10-7-6-8-12(13)11(2)3/h11-14H,4-10H2,1-3H3,(H,19,20)(H2,17,18,21)/t12?,13?,14-/m0/s1. The van der Waals surface area contributed by atoms with Crippen LogP contribution in [0.25, 0.3) is 0 Å². The van der Waals surface area contributed by atoms with Crippen molar-refractivity contribution in [3.8, 4) is 0 Å². The van der Waals surface area contributed by atoms with Crippen LogP contribution in [-0.4, -0.2) is 29.2 Å². The molecule has 3 atom stereocenters. The zero-order valence-corrected chi connectivity index (χ0v) is 13.5. The van der Waals surface area contributed by atoms with Gasteiger partial charge >= 0.3 is 12.0 Å². The van der Waals surface area contributed by atoms with Gasteiger partial charge in [0.05, 0.1) is 0 Å². The van der Waals surface area contributed by atoms with E-state index in [4.69, 9.17) is 5.11 Å². The summed E-state index contributed by atoms with van der Waals surface area (Å²) in [6, 6.07) is -0.957. The molecule has 5 nitrogen and oxygen atoms in total. The first-order valence-corrected chi connectivity index (χ1v) is 8.25. The lowest BCUT2D eigenvalue weighted by Crippen LogP contribution is -2.52. The van der Waals surface area contributed by atoms with Crippen molar-refractivity contribution in [2.75, 3.05) is 0 Å². The number of aliphatic carboxylic acids is 1. The summed E-state index contributed by atoms with van der Waals surface area (Å²) in [6.45, 7) is 6.38. The van der Waals surface area contributed by atoms with Gasteiger partial charge in [-0.15, -0.1) is 0 Å². The molecule has 1 aliphatic rings. The summed E-state index contributed by atoms with van der Waals surface area (Å²) in [5.74, 6) is 0.0667. The summed E-state index contributed by atoms with van der Waals surface area (Å²) in [5, 5.41) is 14.8. The second-order valence-electron chi connectivity index (χ2n) is 6.45. The highest BCUT2D eigenvalue weighted by Gasteiger charge is 2.29. The molecule has 0 spiro atoms. The van der Waals surface area contributed by atoms with Crippen LogP contribution >= 0.6 is 0 Å². The normalized spacial score (nSPS) is 23.6. The van der Waals surface area contributed by atoms with Gasteiger partial charge in [-0.05, 0) is 31.1 Å². The van der Waals surface area contributed by atoms with Gasteiger partial charge in [-0.1, -0.05) is 46.5 Å². The fourth-order valence-electron chi connectivity index (χ4n) is 3.17.